The number of hydrogen-bond donors (Lipinski definition) is 1. The van der Waals surface area contributed by atoms with Crippen LogP contribution in [0.15, 0.2) is 24.5 Å². The maximum atomic E-state index is 12.8. The fraction of sp³-hybridized carbons (Fsp3) is 0. The number of nitrogens with zero attached hydrogens (tertiary/aromatic N) is 3. The van der Waals surface area contributed by atoms with Crippen LogP contribution in [0.3, 0.4) is 0 Å². The molecule has 0 fully saturated rings. The van der Waals surface area contributed by atoms with Crippen molar-refractivity contribution in [2.24, 2.45) is 0 Å². The zero-order chi connectivity index (χ0) is 10.1. The first-order chi connectivity index (χ1) is 6.66. The number of anilines is 1. The minimum Gasteiger partial charge on any atom is -0.366 e. The third-order valence-electron chi connectivity index (χ3n) is 1.67. The van der Waals surface area contributed by atoms with Crippen LogP contribution >= 0.6 is 22.6 Å². The smallest absolute Gasteiger partial charge is 0.239 e. The first-order valence-corrected chi connectivity index (χ1v) is 4.87. The highest BCUT2D eigenvalue weighted by molar-refractivity contribution is 14.1. The van der Waals surface area contributed by atoms with E-state index in [9.17, 15) is 4.39 Å². The van der Waals surface area contributed by atoms with Crippen LogP contribution in [-0.4, -0.2) is 14.8 Å². The lowest BCUT2D eigenvalue weighted by Crippen LogP contribution is -1.99. The minimum atomic E-state index is -0.272. The molecule has 72 valence electrons. The second-order valence-electron chi connectivity index (χ2n) is 2.64. The highest BCUT2D eigenvalue weighted by Crippen LogP contribution is 2.17. The summed E-state index contributed by atoms with van der Waals surface area (Å²) in [6.45, 7) is 0. The molecule has 14 heavy (non-hydrogen) atoms. The van der Waals surface area contributed by atoms with Crippen molar-refractivity contribution in [1.82, 2.24) is 14.8 Å². The van der Waals surface area contributed by atoms with Crippen molar-refractivity contribution in [2.45, 2.75) is 0 Å². The van der Waals surface area contributed by atoms with E-state index in [-0.39, 0.29) is 11.8 Å². The normalized spacial score (nSPS) is 10.4. The SMILES string of the molecule is Nc1ncn(-c2ccc(F)cc2I)n1. The molecular formula is C8H6FIN4. The molecule has 0 saturated heterocycles. The van der Waals surface area contributed by atoms with Gasteiger partial charge < -0.3 is 5.73 Å². The molecule has 1 aromatic carbocycles. The number of nitrogen functional groups attached to an aromatic ring is 1. The molecule has 0 saturated carbocycles. The first-order valence-electron chi connectivity index (χ1n) is 3.79. The number of hydrogen-bond acceptors (Lipinski definition) is 3. The predicted molar refractivity (Wildman–Crippen MR) is 58.4 cm³/mol. The van der Waals surface area contributed by atoms with Gasteiger partial charge in [-0.3, -0.25) is 0 Å². The second kappa shape index (κ2) is 3.52. The average molecular weight is 304 g/mol. The minimum absolute atomic E-state index is 0.199. The van der Waals surface area contributed by atoms with E-state index >= 15 is 0 Å². The van der Waals surface area contributed by atoms with Gasteiger partial charge in [0.2, 0.25) is 5.95 Å². The van der Waals surface area contributed by atoms with Crippen LogP contribution in [0.2, 0.25) is 0 Å². The molecule has 0 spiro atoms. The van der Waals surface area contributed by atoms with Crippen LogP contribution < -0.4 is 5.73 Å². The molecule has 0 aliphatic rings. The van der Waals surface area contributed by atoms with E-state index in [1.165, 1.54) is 23.1 Å². The Morgan fingerprint density at radius 1 is 1.43 bits per heavy atom. The molecule has 0 aliphatic carbocycles. The van der Waals surface area contributed by atoms with Gasteiger partial charge in [0.25, 0.3) is 0 Å². The van der Waals surface area contributed by atoms with Gasteiger partial charge in [-0.25, -0.2) is 14.1 Å². The Balaban J connectivity index is 2.52. The van der Waals surface area contributed by atoms with E-state index in [0.717, 1.165) is 9.26 Å². The fourth-order valence-electron chi connectivity index (χ4n) is 1.06. The Morgan fingerprint density at radius 3 is 2.79 bits per heavy atom. The van der Waals surface area contributed by atoms with Crippen molar-refractivity contribution in [1.29, 1.82) is 0 Å². The van der Waals surface area contributed by atoms with Crippen molar-refractivity contribution in [3.8, 4) is 5.69 Å². The van der Waals surface area contributed by atoms with Crippen LogP contribution in [0.1, 0.15) is 0 Å². The van der Waals surface area contributed by atoms with E-state index < -0.39 is 0 Å². The molecule has 4 nitrogen and oxygen atoms in total. The zero-order valence-corrected chi connectivity index (χ0v) is 9.14. The Morgan fingerprint density at radius 2 is 2.21 bits per heavy atom. The molecule has 6 heteroatoms. The Bertz CT molecular complexity index is 468. The van der Waals surface area contributed by atoms with Gasteiger partial charge in [-0.05, 0) is 40.8 Å². The largest absolute Gasteiger partial charge is 0.366 e. The maximum absolute atomic E-state index is 12.8. The summed E-state index contributed by atoms with van der Waals surface area (Å²) in [5.41, 5.74) is 6.14. The zero-order valence-electron chi connectivity index (χ0n) is 6.98. The number of nitrogens with two attached hydrogens (primary N) is 1. The lowest BCUT2D eigenvalue weighted by atomic mass is 10.3. The number of benzene rings is 1. The lowest BCUT2D eigenvalue weighted by molar-refractivity contribution is 0.626. The molecule has 0 amide bonds. The van der Waals surface area contributed by atoms with E-state index in [2.05, 4.69) is 10.1 Å². The summed E-state index contributed by atoms with van der Waals surface area (Å²) in [6, 6.07) is 4.42. The van der Waals surface area contributed by atoms with Gasteiger partial charge in [0.1, 0.15) is 12.1 Å². The van der Waals surface area contributed by atoms with Crippen molar-refractivity contribution < 1.29 is 4.39 Å². The second-order valence-corrected chi connectivity index (χ2v) is 3.81. The average Bonchev–Trinajstić information content (AvgIpc) is 2.51. The summed E-state index contributed by atoms with van der Waals surface area (Å²) in [5, 5.41) is 3.93. The quantitative estimate of drug-likeness (QED) is 0.814. The van der Waals surface area contributed by atoms with Crippen molar-refractivity contribution in [2.75, 3.05) is 5.73 Å². The van der Waals surface area contributed by atoms with Crippen LogP contribution in [-0.2, 0) is 0 Å². The Kier molecular flexibility index (Phi) is 2.36. The lowest BCUT2D eigenvalue weighted by Gasteiger charge is -2.02. The van der Waals surface area contributed by atoms with Crippen LogP contribution in [0.4, 0.5) is 10.3 Å². The molecule has 2 rings (SSSR count). The number of halogens is 2. The van der Waals surface area contributed by atoms with E-state index in [1.807, 2.05) is 22.6 Å². The summed E-state index contributed by atoms with van der Waals surface area (Å²) < 4.78 is 15.1. The molecule has 0 radical (unpaired) electrons. The van der Waals surface area contributed by atoms with Gasteiger partial charge >= 0.3 is 0 Å². The predicted octanol–water partition coefficient (Wildman–Crippen LogP) is 1.59. The first kappa shape index (κ1) is 9.38. The van der Waals surface area contributed by atoms with Crippen LogP contribution in [0, 0.1) is 9.39 Å². The molecule has 2 aromatic rings. The summed E-state index contributed by atoms with van der Waals surface area (Å²) in [6.07, 6.45) is 1.49. The van der Waals surface area contributed by atoms with Gasteiger partial charge in [-0.15, -0.1) is 5.10 Å². The summed E-state index contributed by atoms with van der Waals surface area (Å²) in [7, 11) is 0. The third-order valence-corrected chi connectivity index (χ3v) is 2.53. The van der Waals surface area contributed by atoms with Gasteiger partial charge in [0.05, 0.1) is 5.69 Å². The van der Waals surface area contributed by atoms with Gasteiger partial charge in [0, 0.05) is 3.57 Å². The monoisotopic (exact) mass is 304 g/mol. The fourth-order valence-corrected chi connectivity index (χ4v) is 1.78. The van der Waals surface area contributed by atoms with Gasteiger partial charge in [-0.1, -0.05) is 0 Å². The van der Waals surface area contributed by atoms with E-state index in [0.29, 0.717) is 0 Å². The van der Waals surface area contributed by atoms with Crippen molar-refractivity contribution >= 4 is 28.5 Å². The van der Waals surface area contributed by atoms with E-state index in [1.54, 1.807) is 6.07 Å². The molecule has 0 aliphatic heterocycles. The van der Waals surface area contributed by atoms with E-state index in [4.69, 9.17) is 5.73 Å². The van der Waals surface area contributed by atoms with Gasteiger partial charge in [0.15, 0.2) is 0 Å². The molecule has 0 unspecified atom stereocenters. The number of aromatic nitrogens is 3. The summed E-state index contributed by atoms with van der Waals surface area (Å²) >= 11 is 2.03. The molecule has 0 atom stereocenters. The summed E-state index contributed by atoms with van der Waals surface area (Å²) in [4.78, 5) is 3.79. The van der Waals surface area contributed by atoms with Crippen LogP contribution in [0.5, 0.6) is 0 Å². The van der Waals surface area contributed by atoms with Gasteiger partial charge in [-0.2, -0.15) is 0 Å². The topological polar surface area (TPSA) is 56.7 Å². The highest BCUT2D eigenvalue weighted by Gasteiger charge is 2.05. The van der Waals surface area contributed by atoms with Crippen molar-refractivity contribution in [3.63, 3.8) is 0 Å². The standard InChI is InChI=1S/C8H6FIN4/c9-5-1-2-7(6(10)3-5)14-4-12-8(11)13-14/h1-4H,(H2,11,13). The highest BCUT2D eigenvalue weighted by atomic mass is 127. The molecule has 0 bridgehead atoms. The molecular weight excluding hydrogens is 298 g/mol. The number of rotatable bonds is 1. The third kappa shape index (κ3) is 1.69. The Hall–Kier alpha value is -1.18. The van der Waals surface area contributed by atoms with Crippen LogP contribution in [0.25, 0.3) is 5.69 Å². The summed E-state index contributed by atoms with van der Waals surface area (Å²) in [5.74, 6) is -0.0728. The molecule has 1 aromatic heterocycles. The molecule has 1 heterocycles. The van der Waals surface area contributed by atoms with Crippen molar-refractivity contribution in [3.05, 3.63) is 33.9 Å². The Labute approximate surface area is 93.1 Å². The molecule has 2 N–H and O–H groups in total. The maximum Gasteiger partial charge on any atom is 0.239 e.